The van der Waals surface area contributed by atoms with Crippen LogP contribution in [0.25, 0.3) is 0 Å². The summed E-state index contributed by atoms with van der Waals surface area (Å²) in [5, 5.41) is 3.43. The van der Waals surface area contributed by atoms with E-state index in [0.29, 0.717) is 13.2 Å². The summed E-state index contributed by atoms with van der Waals surface area (Å²) < 4.78 is 11.2. The predicted octanol–water partition coefficient (Wildman–Crippen LogP) is 3.88. The molecule has 1 heterocycles. The van der Waals surface area contributed by atoms with Crippen LogP contribution in [0.15, 0.2) is 47.1 Å². The van der Waals surface area contributed by atoms with Gasteiger partial charge in [-0.2, -0.15) is 0 Å². The maximum atomic E-state index is 5.65. The van der Waals surface area contributed by atoms with E-state index in [9.17, 15) is 0 Å². The van der Waals surface area contributed by atoms with Crippen LogP contribution in [-0.4, -0.2) is 5.54 Å². The summed E-state index contributed by atoms with van der Waals surface area (Å²) in [4.78, 5) is 0. The molecular formula is C17H23NO2. The number of furan rings is 1. The molecule has 1 aromatic carbocycles. The first-order valence-corrected chi connectivity index (χ1v) is 6.96. The first-order chi connectivity index (χ1) is 9.53. The second-order valence-corrected chi connectivity index (χ2v) is 6.00. The van der Waals surface area contributed by atoms with Gasteiger partial charge < -0.3 is 14.5 Å². The fourth-order valence-corrected chi connectivity index (χ4v) is 1.81. The first-order valence-electron chi connectivity index (χ1n) is 6.96. The molecule has 1 aromatic heterocycles. The second kappa shape index (κ2) is 6.73. The van der Waals surface area contributed by atoms with Gasteiger partial charge in [-0.05, 0) is 32.4 Å². The minimum absolute atomic E-state index is 0.112. The van der Waals surface area contributed by atoms with Gasteiger partial charge in [-0.3, -0.25) is 0 Å². The highest BCUT2D eigenvalue weighted by molar-refractivity contribution is 5.14. The minimum atomic E-state index is 0.112. The first kappa shape index (κ1) is 14.8. The van der Waals surface area contributed by atoms with Gasteiger partial charge in [-0.15, -0.1) is 0 Å². The Hall–Kier alpha value is -1.58. The Morgan fingerprint density at radius 2 is 1.80 bits per heavy atom. The van der Waals surface area contributed by atoms with Crippen molar-refractivity contribution < 1.29 is 9.15 Å². The van der Waals surface area contributed by atoms with E-state index >= 15 is 0 Å². The van der Waals surface area contributed by atoms with Crippen LogP contribution in [0, 0.1) is 0 Å². The van der Waals surface area contributed by atoms with Crippen LogP contribution < -0.4 is 5.32 Å². The van der Waals surface area contributed by atoms with Crippen molar-refractivity contribution in [3.8, 4) is 0 Å². The molecule has 0 radical (unpaired) electrons. The third kappa shape index (κ3) is 5.19. The summed E-state index contributed by atoms with van der Waals surface area (Å²) in [6, 6.07) is 12.2. The lowest BCUT2D eigenvalue weighted by Gasteiger charge is -2.19. The Morgan fingerprint density at radius 3 is 2.50 bits per heavy atom. The zero-order valence-electron chi connectivity index (χ0n) is 12.5. The van der Waals surface area contributed by atoms with Gasteiger partial charge in [0.1, 0.15) is 12.4 Å². The van der Waals surface area contributed by atoms with Crippen molar-refractivity contribution in [2.75, 3.05) is 0 Å². The molecule has 0 aliphatic rings. The molecule has 0 bridgehead atoms. The lowest BCUT2D eigenvalue weighted by molar-refractivity contribution is 0.0929. The maximum Gasteiger partial charge on any atom is 0.129 e. The molecule has 0 atom stereocenters. The molecule has 2 rings (SSSR count). The van der Waals surface area contributed by atoms with Crippen LogP contribution in [0.5, 0.6) is 0 Å². The van der Waals surface area contributed by atoms with E-state index in [2.05, 4.69) is 38.2 Å². The highest BCUT2D eigenvalue weighted by Gasteiger charge is 2.09. The average Bonchev–Trinajstić information content (AvgIpc) is 2.85. The SMILES string of the molecule is CC(C)(C)NCc1coc(COCc2ccccc2)c1. The van der Waals surface area contributed by atoms with Gasteiger partial charge in [0, 0.05) is 17.6 Å². The predicted molar refractivity (Wildman–Crippen MR) is 80.2 cm³/mol. The Bertz CT molecular complexity index is 511. The number of rotatable bonds is 6. The number of hydrogen-bond donors (Lipinski definition) is 1. The summed E-state index contributed by atoms with van der Waals surface area (Å²) in [6.45, 7) is 8.37. The number of nitrogens with one attached hydrogen (secondary N) is 1. The van der Waals surface area contributed by atoms with Gasteiger partial charge in [0.15, 0.2) is 0 Å². The van der Waals surface area contributed by atoms with Gasteiger partial charge in [-0.1, -0.05) is 30.3 Å². The number of ether oxygens (including phenoxy) is 1. The molecule has 0 fully saturated rings. The lowest BCUT2D eigenvalue weighted by atomic mass is 10.1. The number of benzene rings is 1. The molecule has 3 nitrogen and oxygen atoms in total. The van der Waals surface area contributed by atoms with Gasteiger partial charge in [0.05, 0.1) is 12.9 Å². The summed E-state index contributed by atoms with van der Waals surface area (Å²) >= 11 is 0. The van der Waals surface area contributed by atoms with Crippen molar-refractivity contribution in [3.63, 3.8) is 0 Å². The zero-order valence-corrected chi connectivity index (χ0v) is 12.5. The fourth-order valence-electron chi connectivity index (χ4n) is 1.81. The van der Waals surface area contributed by atoms with Gasteiger partial charge in [0.2, 0.25) is 0 Å². The van der Waals surface area contributed by atoms with Crippen LogP contribution in [0.3, 0.4) is 0 Å². The molecule has 0 aliphatic heterocycles. The van der Waals surface area contributed by atoms with Crippen molar-refractivity contribution in [2.24, 2.45) is 0 Å². The molecule has 0 amide bonds. The lowest BCUT2D eigenvalue weighted by Crippen LogP contribution is -2.34. The molecular weight excluding hydrogens is 250 g/mol. The Morgan fingerprint density at radius 1 is 1.05 bits per heavy atom. The van der Waals surface area contributed by atoms with Crippen molar-refractivity contribution >= 4 is 0 Å². The molecule has 20 heavy (non-hydrogen) atoms. The van der Waals surface area contributed by atoms with Gasteiger partial charge in [0.25, 0.3) is 0 Å². The molecule has 0 saturated heterocycles. The Balaban J connectivity index is 1.75. The highest BCUT2D eigenvalue weighted by Crippen LogP contribution is 2.12. The summed E-state index contributed by atoms with van der Waals surface area (Å²) in [5.74, 6) is 0.867. The van der Waals surface area contributed by atoms with Crippen LogP contribution >= 0.6 is 0 Å². The largest absolute Gasteiger partial charge is 0.467 e. The van der Waals surface area contributed by atoms with Gasteiger partial charge in [-0.25, -0.2) is 0 Å². The molecule has 3 heteroatoms. The molecule has 0 unspecified atom stereocenters. The highest BCUT2D eigenvalue weighted by atomic mass is 16.5. The van der Waals surface area contributed by atoms with E-state index in [4.69, 9.17) is 9.15 Å². The molecule has 108 valence electrons. The van der Waals surface area contributed by atoms with Crippen LogP contribution in [-0.2, 0) is 24.5 Å². The quantitative estimate of drug-likeness (QED) is 0.867. The van der Waals surface area contributed by atoms with Crippen molar-refractivity contribution in [1.82, 2.24) is 5.32 Å². The smallest absolute Gasteiger partial charge is 0.129 e. The standard InChI is InChI=1S/C17H23NO2/c1-17(2,3)18-10-15-9-16(20-12-15)13-19-11-14-7-5-4-6-8-14/h4-9,12,18H,10-11,13H2,1-3H3. The summed E-state index contributed by atoms with van der Waals surface area (Å²) in [5.41, 5.74) is 2.44. The van der Waals surface area contributed by atoms with Crippen molar-refractivity contribution in [3.05, 3.63) is 59.5 Å². The van der Waals surface area contributed by atoms with E-state index in [0.717, 1.165) is 17.9 Å². The normalized spacial score (nSPS) is 11.8. The van der Waals surface area contributed by atoms with E-state index in [1.54, 1.807) is 6.26 Å². The van der Waals surface area contributed by atoms with E-state index in [-0.39, 0.29) is 5.54 Å². The molecule has 0 aliphatic carbocycles. The monoisotopic (exact) mass is 273 g/mol. The Kier molecular flexibility index (Phi) is 4.99. The third-order valence-corrected chi connectivity index (χ3v) is 2.89. The topological polar surface area (TPSA) is 34.4 Å². The number of hydrogen-bond acceptors (Lipinski definition) is 3. The molecule has 1 N–H and O–H groups in total. The Labute approximate surface area is 121 Å². The minimum Gasteiger partial charge on any atom is -0.467 e. The second-order valence-electron chi connectivity index (χ2n) is 6.00. The summed E-state index contributed by atoms with van der Waals surface area (Å²) in [7, 11) is 0. The van der Waals surface area contributed by atoms with E-state index < -0.39 is 0 Å². The van der Waals surface area contributed by atoms with Crippen molar-refractivity contribution in [1.29, 1.82) is 0 Å². The van der Waals surface area contributed by atoms with Crippen LogP contribution in [0.2, 0.25) is 0 Å². The zero-order chi connectivity index (χ0) is 14.4. The average molecular weight is 273 g/mol. The molecule has 2 aromatic rings. The molecule has 0 spiro atoms. The van der Waals surface area contributed by atoms with Crippen molar-refractivity contribution in [2.45, 2.75) is 46.1 Å². The fraction of sp³-hybridized carbons (Fsp3) is 0.412. The van der Waals surface area contributed by atoms with E-state index in [1.165, 1.54) is 5.56 Å². The van der Waals surface area contributed by atoms with E-state index in [1.807, 2.05) is 24.3 Å². The maximum absolute atomic E-state index is 5.65. The molecule has 0 saturated carbocycles. The van der Waals surface area contributed by atoms with Crippen LogP contribution in [0.1, 0.15) is 37.7 Å². The van der Waals surface area contributed by atoms with Gasteiger partial charge >= 0.3 is 0 Å². The van der Waals surface area contributed by atoms with Crippen LogP contribution in [0.4, 0.5) is 0 Å². The summed E-state index contributed by atoms with van der Waals surface area (Å²) in [6.07, 6.45) is 1.79. The third-order valence-electron chi connectivity index (χ3n) is 2.89.